The molecule has 20 heavy (non-hydrogen) atoms. The van der Waals surface area contributed by atoms with Crippen LogP contribution in [0.1, 0.15) is 34.1 Å². The van der Waals surface area contributed by atoms with Crippen molar-refractivity contribution < 1.29 is 13.2 Å². The SMILES string of the molecule is Cc1cc(C(N)c2ccc(C(F)(F)F)cc2C)n(C)n1. The minimum absolute atomic E-state index is 0.497. The maximum Gasteiger partial charge on any atom is 0.416 e. The zero-order valence-corrected chi connectivity index (χ0v) is 11.5. The number of aryl methyl sites for hydroxylation is 3. The van der Waals surface area contributed by atoms with E-state index >= 15 is 0 Å². The van der Waals surface area contributed by atoms with Gasteiger partial charge < -0.3 is 5.73 Å². The molecule has 1 heterocycles. The van der Waals surface area contributed by atoms with Crippen molar-refractivity contribution in [2.45, 2.75) is 26.1 Å². The number of hydrogen-bond acceptors (Lipinski definition) is 2. The average molecular weight is 283 g/mol. The molecule has 1 aromatic carbocycles. The van der Waals surface area contributed by atoms with E-state index in [0.717, 1.165) is 23.5 Å². The predicted molar refractivity (Wildman–Crippen MR) is 70.2 cm³/mol. The number of benzene rings is 1. The van der Waals surface area contributed by atoms with Gasteiger partial charge in [0.1, 0.15) is 0 Å². The molecule has 2 rings (SSSR count). The maximum atomic E-state index is 12.6. The van der Waals surface area contributed by atoms with Crippen LogP contribution < -0.4 is 5.73 Å². The predicted octanol–water partition coefficient (Wildman–Crippen LogP) is 3.10. The lowest BCUT2D eigenvalue weighted by molar-refractivity contribution is -0.137. The smallest absolute Gasteiger partial charge is 0.319 e. The van der Waals surface area contributed by atoms with Crippen molar-refractivity contribution >= 4 is 0 Å². The first kappa shape index (κ1) is 14.6. The molecule has 2 N–H and O–H groups in total. The lowest BCUT2D eigenvalue weighted by Crippen LogP contribution is -2.17. The Balaban J connectivity index is 2.41. The van der Waals surface area contributed by atoms with E-state index in [1.54, 1.807) is 18.7 Å². The first-order valence-electron chi connectivity index (χ1n) is 6.14. The molecule has 1 unspecified atom stereocenters. The Kier molecular flexibility index (Phi) is 3.60. The van der Waals surface area contributed by atoms with E-state index in [-0.39, 0.29) is 0 Å². The number of alkyl halides is 3. The van der Waals surface area contributed by atoms with Gasteiger partial charge in [0, 0.05) is 7.05 Å². The molecule has 0 aliphatic heterocycles. The second-order valence-electron chi connectivity index (χ2n) is 4.88. The van der Waals surface area contributed by atoms with E-state index in [4.69, 9.17) is 5.73 Å². The Labute approximate surface area is 115 Å². The van der Waals surface area contributed by atoms with Gasteiger partial charge in [-0.2, -0.15) is 18.3 Å². The second kappa shape index (κ2) is 4.94. The number of nitrogens with zero attached hydrogens (tertiary/aromatic N) is 2. The van der Waals surface area contributed by atoms with Gasteiger partial charge in [-0.25, -0.2) is 0 Å². The molecule has 0 aliphatic carbocycles. The van der Waals surface area contributed by atoms with Crippen molar-refractivity contribution in [1.29, 1.82) is 0 Å². The molecular weight excluding hydrogens is 267 g/mol. The first-order valence-corrected chi connectivity index (χ1v) is 6.14. The zero-order chi connectivity index (χ0) is 15.1. The van der Waals surface area contributed by atoms with Gasteiger partial charge in [0.2, 0.25) is 0 Å². The van der Waals surface area contributed by atoms with E-state index in [1.807, 2.05) is 13.0 Å². The molecule has 1 atom stereocenters. The molecule has 0 aliphatic rings. The van der Waals surface area contributed by atoms with Gasteiger partial charge >= 0.3 is 6.18 Å². The van der Waals surface area contributed by atoms with Crippen LogP contribution in [0.25, 0.3) is 0 Å². The summed E-state index contributed by atoms with van der Waals surface area (Å²) in [6.45, 7) is 3.48. The molecule has 0 amide bonds. The standard InChI is InChI=1S/C14H16F3N3/c1-8-6-10(14(15,16)17)4-5-11(8)13(18)12-7-9(2)19-20(12)3/h4-7,13H,18H2,1-3H3. The summed E-state index contributed by atoms with van der Waals surface area (Å²) in [5.74, 6) is 0. The third-order valence-corrected chi connectivity index (χ3v) is 3.29. The molecule has 0 spiro atoms. The van der Waals surface area contributed by atoms with Crippen LogP contribution in [0, 0.1) is 13.8 Å². The highest BCUT2D eigenvalue weighted by Crippen LogP contribution is 2.32. The summed E-state index contributed by atoms with van der Waals surface area (Å²) in [5.41, 5.74) is 8.27. The van der Waals surface area contributed by atoms with Gasteiger partial charge in [0.15, 0.2) is 0 Å². The Morgan fingerprint density at radius 1 is 1.20 bits per heavy atom. The lowest BCUT2D eigenvalue weighted by atomic mass is 9.97. The fourth-order valence-electron chi connectivity index (χ4n) is 2.28. The minimum atomic E-state index is -4.34. The van der Waals surface area contributed by atoms with E-state index in [0.29, 0.717) is 11.1 Å². The molecular formula is C14H16F3N3. The van der Waals surface area contributed by atoms with E-state index in [9.17, 15) is 13.2 Å². The summed E-state index contributed by atoms with van der Waals surface area (Å²) < 4.78 is 39.6. The van der Waals surface area contributed by atoms with Crippen LogP contribution in [0.2, 0.25) is 0 Å². The molecule has 2 aromatic rings. The molecule has 1 aromatic heterocycles. The van der Waals surface area contributed by atoms with E-state index in [1.165, 1.54) is 6.07 Å². The van der Waals surface area contributed by atoms with Gasteiger partial charge in [-0.3, -0.25) is 4.68 Å². The highest BCUT2D eigenvalue weighted by molar-refractivity contribution is 5.38. The summed E-state index contributed by atoms with van der Waals surface area (Å²) in [5, 5.41) is 4.20. The van der Waals surface area contributed by atoms with Crippen LogP contribution in [-0.2, 0) is 13.2 Å². The van der Waals surface area contributed by atoms with Crippen LogP contribution in [-0.4, -0.2) is 9.78 Å². The number of aromatic nitrogens is 2. The number of halogens is 3. The summed E-state index contributed by atoms with van der Waals surface area (Å²) in [4.78, 5) is 0. The van der Waals surface area contributed by atoms with Crippen molar-refractivity contribution in [3.8, 4) is 0 Å². The normalized spacial score (nSPS) is 13.6. The van der Waals surface area contributed by atoms with Crippen LogP contribution >= 0.6 is 0 Å². The van der Waals surface area contributed by atoms with Crippen LogP contribution in [0.3, 0.4) is 0 Å². The Morgan fingerprint density at radius 2 is 1.85 bits per heavy atom. The summed E-state index contributed by atoms with van der Waals surface area (Å²) in [6.07, 6.45) is -4.34. The van der Waals surface area contributed by atoms with Gasteiger partial charge in [-0.15, -0.1) is 0 Å². The minimum Gasteiger partial charge on any atom is -0.319 e. The van der Waals surface area contributed by atoms with Crippen molar-refractivity contribution in [2.75, 3.05) is 0 Å². The van der Waals surface area contributed by atoms with Crippen LogP contribution in [0.5, 0.6) is 0 Å². The Hall–Kier alpha value is -1.82. The summed E-state index contributed by atoms with van der Waals surface area (Å²) in [6, 6.07) is 4.96. The highest BCUT2D eigenvalue weighted by Gasteiger charge is 2.31. The largest absolute Gasteiger partial charge is 0.416 e. The molecule has 0 saturated carbocycles. The molecule has 0 radical (unpaired) electrons. The van der Waals surface area contributed by atoms with E-state index < -0.39 is 17.8 Å². The summed E-state index contributed by atoms with van der Waals surface area (Å²) in [7, 11) is 1.77. The molecule has 6 heteroatoms. The lowest BCUT2D eigenvalue weighted by Gasteiger charge is -2.17. The monoisotopic (exact) mass is 283 g/mol. The van der Waals surface area contributed by atoms with Crippen molar-refractivity contribution in [3.63, 3.8) is 0 Å². The number of nitrogens with two attached hydrogens (primary N) is 1. The van der Waals surface area contributed by atoms with E-state index in [2.05, 4.69) is 5.10 Å². The Morgan fingerprint density at radius 3 is 2.30 bits per heavy atom. The van der Waals surface area contributed by atoms with Crippen molar-refractivity contribution in [1.82, 2.24) is 9.78 Å². The fourth-order valence-corrected chi connectivity index (χ4v) is 2.28. The molecule has 108 valence electrons. The number of hydrogen-bond donors (Lipinski definition) is 1. The average Bonchev–Trinajstić information content (AvgIpc) is 2.66. The maximum absolute atomic E-state index is 12.6. The molecule has 0 fully saturated rings. The van der Waals surface area contributed by atoms with Crippen LogP contribution in [0.4, 0.5) is 13.2 Å². The van der Waals surface area contributed by atoms with Gasteiger partial charge in [-0.05, 0) is 43.2 Å². The van der Waals surface area contributed by atoms with Crippen LogP contribution in [0.15, 0.2) is 24.3 Å². The third kappa shape index (κ3) is 2.70. The topological polar surface area (TPSA) is 43.8 Å². The molecule has 0 saturated heterocycles. The summed E-state index contributed by atoms with van der Waals surface area (Å²) >= 11 is 0. The zero-order valence-electron chi connectivity index (χ0n) is 11.5. The number of rotatable bonds is 2. The molecule has 0 bridgehead atoms. The van der Waals surface area contributed by atoms with Crippen molar-refractivity contribution in [3.05, 3.63) is 52.3 Å². The Bertz CT molecular complexity index is 629. The first-order chi connectivity index (χ1) is 9.20. The second-order valence-corrected chi connectivity index (χ2v) is 4.88. The van der Waals surface area contributed by atoms with Gasteiger partial charge in [0.05, 0.1) is 23.0 Å². The quantitative estimate of drug-likeness (QED) is 0.920. The van der Waals surface area contributed by atoms with Crippen molar-refractivity contribution in [2.24, 2.45) is 12.8 Å². The third-order valence-electron chi connectivity index (χ3n) is 3.29. The molecule has 3 nitrogen and oxygen atoms in total. The van der Waals surface area contributed by atoms with Gasteiger partial charge in [0.25, 0.3) is 0 Å². The highest BCUT2D eigenvalue weighted by atomic mass is 19.4. The fraction of sp³-hybridized carbons (Fsp3) is 0.357. The van der Waals surface area contributed by atoms with Gasteiger partial charge in [-0.1, -0.05) is 6.07 Å².